The van der Waals surface area contributed by atoms with Crippen molar-refractivity contribution in [3.8, 4) is 28.7 Å². The summed E-state index contributed by atoms with van der Waals surface area (Å²) in [6, 6.07) is 14.5. The molecule has 0 saturated carbocycles. The van der Waals surface area contributed by atoms with Crippen molar-refractivity contribution in [1.82, 2.24) is 14.1 Å². The van der Waals surface area contributed by atoms with E-state index < -0.39 is 16.3 Å². The van der Waals surface area contributed by atoms with Gasteiger partial charge < -0.3 is 43.2 Å². The number of sulfonamides is 1. The summed E-state index contributed by atoms with van der Waals surface area (Å²) in [7, 11) is 4.22. The Kier molecular flexibility index (Phi) is 15.4. The minimum atomic E-state index is -3.95. The van der Waals surface area contributed by atoms with Gasteiger partial charge in [-0.15, -0.1) is 0 Å². The smallest absolute Gasteiger partial charge is 0.289 e. The Morgan fingerprint density at radius 3 is 2.06 bits per heavy atom. The third kappa shape index (κ3) is 9.84. The summed E-state index contributed by atoms with van der Waals surface area (Å²) < 4.78 is 69.5. The molecule has 4 aliphatic rings. The van der Waals surface area contributed by atoms with Crippen LogP contribution in [0.1, 0.15) is 80.8 Å². The van der Waals surface area contributed by atoms with Gasteiger partial charge in [0.15, 0.2) is 28.8 Å². The van der Waals surface area contributed by atoms with Crippen LogP contribution < -0.4 is 23.7 Å². The second-order valence-corrected chi connectivity index (χ2v) is 19.6. The molecule has 1 N–H and O–H groups in total. The number of aliphatic hydroxyl groups excluding tert-OH is 1. The van der Waals surface area contributed by atoms with E-state index in [2.05, 4.69) is 49.9 Å². The van der Waals surface area contributed by atoms with E-state index in [1.54, 1.807) is 40.6 Å². The molecule has 0 aliphatic carbocycles. The quantitative estimate of drug-likeness (QED) is 0.143. The van der Waals surface area contributed by atoms with Crippen molar-refractivity contribution in [2.24, 2.45) is 23.7 Å². The first-order chi connectivity index (χ1) is 30.9. The second-order valence-electron chi connectivity index (χ2n) is 17.6. The molecule has 15 heteroatoms. The summed E-state index contributed by atoms with van der Waals surface area (Å²) in [5, 5.41) is 9.82. The molecule has 14 nitrogen and oxygen atoms in total. The fourth-order valence-electron chi connectivity index (χ4n) is 10.3. The lowest BCUT2D eigenvalue weighted by Gasteiger charge is -2.49. The van der Waals surface area contributed by atoms with Crippen molar-refractivity contribution in [2.75, 3.05) is 81.5 Å². The maximum atomic E-state index is 15.1. The summed E-state index contributed by atoms with van der Waals surface area (Å²) >= 11 is 0. The van der Waals surface area contributed by atoms with Crippen LogP contribution in [0.15, 0.2) is 65.3 Å². The number of aliphatic hydroxyl groups is 1. The number of allylic oxidation sites excluding steroid dienone is 1. The molecular formula is C49H67N3O11S. The molecule has 0 aromatic heterocycles. The van der Waals surface area contributed by atoms with Crippen molar-refractivity contribution >= 4 is 15.9 Å². The number of ether oxygens (including phenoxy) is 7. The Hall–Kier alpha value is -4.54. The normalized spacial score (nSPS) is 23.4. The van der Waals surface area contributed by atoms with Gasteiger partial charge in [0, 0.05) is 45.2 Å². The fourth-order valence-corrected chi connectivity index (χ4v) is 11.7. The van der Waals surface area contributed by atoms with Crippen molar-refractivity contribution in [2.45, 2.75) is 82.6 Å². The molecule has 4 heterocycles. The topological polar surface area (TPSA) is 146 Å². The number of hydrogen-bond donors (Lipinski definition) is 1. The predicted molar refractivity (Wildman–Crippen MR) is 242 cm³/mol. The Labute approximate surface area is 379 Å². The minimum Gasteiger partial charge on any atom is -0.497 e. The van der Waals surface area contributed by atoms with Crippen molar-refractivity contribution in [1.29, 1.82) is 0 Å². The zero-order chi connectivity index (χ0) is 45.7. The highest BCUT2D eigenvalue weighted by atomic mass is 32.2. The van der Waals surface area contributed by atoms with E-state index in [1.807, 2.05) is 11.0 Å². The van der Waals surface area contributed by atoms with Crippen molar-refractivity contribution in [3.63, 3.8) is 0 Å². The molecule has 3 aromatic rings. The molecule has 4 aliphatic heterocycles. The molecule has 64 heavy (non-hydrogen) atoms. The fraction of sp³-hybridized carbons (Fsp3) is 0.571. The van der Waals surface area contributed by atoms with Gasteiger partial charge in [0.25, 0.3) is 5.91 Å². The van der Waals surface area contributed by atoms with E-state index in [0.717, 1.165) is 61.4 Å². The first-order valence-electron chi connectivity index (χ1n) is 22.7. The van der Waals surface area contributed by atoms with Gasteiger partial charge in [-0.25, -0.2) is 8.42 Å². The maximum Gasteiger partial charge on any atom is 0.289 e. The number of amides is 1. The van der Waals surface area contributed by atoms with Crippen molar-refractivity contribution < 1.29 is 51.5 Å². The zero-order valence-electron chi connectivity index (χ0n) is 38.7. The van der Waals surface area contributed by atoms with Gasteiger partial charge in [0.2, 0.25) is 16.3 Å². The number of fused-ring (bicyclic) bond motifs is 4. The van der Waals surface area contributed by atoms with Crippen LogP contribution in [0, 0.1) is 23.7 Å². The Balaban J connectivity index is 1.15. The summed E-state index contributed by atoms with van der Waals surface area (Å²) in [4.78, 5) is 19.9. The Bertz CT molecular complexity index is 2230. The standard InChI is InChI=1S/C49H67N3O11S/c1-9-32-30-50-16-14-33-24-43(58-5)45(60-7)28-39(33)41(50)22-36(32)23-42-40-29-46(61-8)44(59-6)25-34(40)15-17-52(42)49(54)47-26-35(31(2)3)27-48(63-47)62-21-19-51(18-20-53)64(55,56)38-12-10-37(57-4)11-13-38/h10-13,24-26,28-29,31-32,35-36,41-42,48,53H,9,14-23,27,30H2,1-8H3/t32-,35-,36+,41-,42+,48+/m0/s1. The van der Waals surface area contributed by atoms with E-state index in [0.29, 0.717) is 48.5 Å². The highest BCUT2D eigenvalue weighted by Gasteiger charge is 2.43. The summed E-state index contributed by atoms with van der Waals surface area (Å²) in [5.41, 5.74) is 4.77. The molecule has 0 radical (unpaired) electrons. The average Bonchev–Trinajstić information content (AvgIpc) is 3.32. The summed E-state index contributed by atoms with van der Waals surface area (Å²) in [5.74, 6) is 4.22. The maximum absolute atomic E-state index is 15.1. The number of nitrogens with zero attached hydrogens (tertiary/aromatic N) is 3. The largest absolute Gasteiger partial charge is 0.497 e. The van der Waals surface area contributed by atoms with Gasteiger partial charge in [-0.05, 0) is 126 Å². The lowest BCUT2D eigenvalue weighted by molar-refractivity contribution is -0.158. The monoisotopic (exact) mass is 905 g/mol. The molecular weight excluding hydrogens is 839 g/mol. The van der Waals surface area contributed by atoms with Gasteiger partial charge in [0.05, 0.1) is 59.7 Å². The van der Waals surface area contributed by atoms with Crippen LogP contribution in [0.5, 0.6) is 28.7 Å². The van der Waals surface area contributed by atoms with Crippen LogP contribution in [0.2, 0.25) is 0 Å². The Morgan fingerprint density at radius 2 is 1.45 bits per heavy atom. The van der Waals surface area contributed by atoms with Gasteiger partial charge in [-0.1, -0.05) is 27.2 Å². The molecule has 6 atom stereocenters. The number of hydrogen-bond acceptors (Lipinski definition) is 12. The van der Waals surface area contributed by atoms with E-state index in [1.165, 1.54) is 34.7 Å². The number of benzene rings is 3. The van der Waals surface area contributed by atoms with Gasteiger partial charge >= 0.3 is 0 Å². The number of carbonyl (C=O) groups excluding carboxylic acids is 1. The number of piperidine rings is 1. The van der Waals surface area contributed by atoms with Crippen LogP contribution in [0.4, 0.5) is 0 Å². The SMILES string of the molecule is CC[C@H]1CN2CCc3cc(OC)c(OC)cc3[C@@H]2C[C@@H]1C[C@@H]1c2cc(OC)c(OC)cc2CCN1C(=O)C1=C[C@H](C(C)C)C[C@H](OCCN(CCO)S(=O)(=O)c2ccc(OC)cc2)O1. The minimum absolute atomic E-state index is 0.00622. The van der Waals surface area contributed by atoms with Crippen LogP contribution in [0.25, 0.3) is 0 Å². The molecule has 0 unspecified atom stereocenters. The second kappa shape index (κ2) is 20.7. The number of carbonyl (C=O) groups is 1. The summed E-state index contributed by atoms with van der Waals surface area (Å²) in [6.45, 7) is 8.45. The molecule has 3 aromatic carbocycles. The van der Waals surface area contributed by atoms with E-state index in [4.69, 9.17) is 33.2 Å². The van der Waals surface area contributed by atoms with Crippen LogP contribution in [-0.2, 0) is 37.1 Å². The molecule has 7 rings (SSSR count). The molecule has 350 valence electrons. The molecule has 1 fully saturated rings. The first kappa shape index (κ1) is 47.4. The van der Waals surface area contributed by atoms with Gasteiger partial charge in [-0.2, -0.15) is 4.31 Å². The molecule has 1 saturated heterocycles. The lowest BCUT2D eigenvalue weighted by atomic mass is 9.72. The highest BCUT2D eigenvalue weighted by Crippen LogP contribution is 2.50. The van der Waals surface area contributed by atoms with Gasteiger partial charge in [0.1, 0.15) is 5.75 Å². The number of methoxy groups -OCH3 is 5. The van der Waals surface area contributed by atoms with Crippen LogP contribution in [-0.4, -0.2) is 121 Å². The van der Waals surface area contributed by atoms with E-state index >= 15 is 4.79 Å². The zero-order valence-corrected chi connectivity index (χ0v) is 39.5. The molecule has 0 spiro atoms. The average molecular weight is 906 g/mol. The molecule has 0 bridgehead atoms. The predicted octanol–water partition coefficient (Wildman–Crippen LogP) is 6.79. The van der Waals surface area contributed by atoms with Crippen molar-refractivity contribution in [3.05, 3.63) is 82.6 Å². The van der Waals surface area contributed by atoms with E-state index in [9.17, 15) is 13.5 Å². The van der Waals surface area contributed by atoms with Crippen LogP contribution >= 0.6 is 0 Å². The summed E-state index contributed by atoms with van der Waals surface area (Å²) in [6.07, 6.45) is 5.97. The number of rotatable bonds is 18. The lowest BCUT2D eigenvalue weighted by Crippen LogP contribution is -2.48. The Morgan fingerprint density at radius 1 is 0.828 bits per heavy atom. The van der Waals surface area contributed by atoms with Gasteiger partial charge in [-0.3, -0.25) is 9.69 Å². The third-order valence-corrected chi connectivity index (χ3v) is 15.8. The third-order valence-electron chi connectivity index (χ3n) is 13.9. The van der Waals surface area contributed by atoms with Crippen LogP contribution in [0.3, 0.4) is 0 Å². The van der Waals surface area contributed by atoms with E-state index in [-0.39, 0.29) is 66.8 Å². The highest BCUT2D eigenvalue weighted by molar-refractivity contribution is 7.89. The molecule has 1 amide bonds. The first-order valence-corrected chi connectivity index (χ1v) is 24.1.